The molecule has 0 N–H and O–H groups in total. The van der Waals surface area contributed by atoms with Crippen LogP contribution in [0.25, 0.3) is 4.48 Å². The fourth-order valence-corrected chi connectivity index (χ4v) is 1.61. The number of fused-ring (bicyclic) bond motifs is 1. The van der Waals surface area contributed by atoms with Crippen molar-refractivity contribution in [1.29, 1.82) is 0 Å². The van der Waals surface area contributed by atoms with Gasteiger partial charge in [0.15, 0.2) is 0 Å². The Kier molecular flexibility index (Phi) is 1.38. The molecule has 0 nitrogen and oxygen atoms in total. The van der Waals surface area contributed by atoms with E-state index >= 15 is 0 Å². The van der Waals surface area contributed by atoms with E-state index in [9.17, 15) is 0 Å². The molecule has 0 atom stereocenters. The molecule has 1 radical (unpaired) electrons. The first-order valence-electron chi connectivity index (χ1n) is 3.18. The fraction of sp³-hybridized carbons (Fsp3) is 0. The zero-order valence-corrected chi connectivity index (χ0v) is 6.93. The van der Waals surface area contributed by atoms with E-state index in [-0.39, 0.29) is 0 Å². The van der Waals surface area contributed by atoms with Crippen LogP contribution >= 0.6 is 15.9 Å². The number of hydrogen-bond donors (Lipinski definition) is 0. The summed E-state index contributed by atoms with van der Waals surface area (Å²) < 4.78 is 1.18. The van der Waals surface area contributed by atoms with Gasteiger partial charge in [0.25, 0.3) is 0 Å². The van der Waals surface area contributed by atoms with Crippen LogP contribution in [0.2, 0.25) is 0 Å². The molecular formula is C9H6Br. The van der Waals surface area contributed by atoms with Gasteiger partial charge in [0, 0.05) is 10.9 Å². The first kappa shape index (κ1) is 6.17. The summed E-state index contributed by atoms with van der Waals surface area (Å²) >= 11 is 3.47. The Morgan fingerprint density at radius 3 is 2.70 bits per heavy atom. The summed E-state index contributed by atoms with van der Waals surface area (Å²) in [7, 11) is 0. The Morgan fingerprint density at radius 2 is 1.90 bits per heavy atom. The van der Waals surface area contributed by atoms with Crippen LogP contribution < -0.4 is 0 Å². The van der Waals surface area contributed by atoms with E-state index in [2.05, 4.69) is 46.6 Å². The van der Waals surface area contributed by atoms with Gasteiger partial charge in [0.05, 0.1) is 0 Å². The molecule has 0 saturated heterocycles. The first-order chi connectivity index (χ1) is 4.88. The summed E-state index contributed by atoms with van der Waals surface area (Å²) in [5.41, 5.74) is 2.59. The quantitative estimate of drug-likeness (QED) is 0.595. The van der Waals surface area contributed by atoms with Crippen molar-refractivity contribution in [1.82, 2.24) is 0 Å². The molecule has 49 valence electrons. The number of halogens is 1. The van der Waals surface area contributed by atoms with E-state index in [1.165, 1.54) is 15.6 Å². The van der Waals surface area contributed by atoms with Crippen LogP contribution in [0.4, 0.5) is 0 Å². The summed E-state index contributed by atoms with van der Waals surface area (Å²) in [5.74, 6) is 0. The van der Waals surface area contributed by atoms with Crippen molar-refractivity contribution in [3.63, 3.8) is 0 Å². The van der Waals surface area contributed by atoms with Gasteiger partial charge >= 0.3 is 0 Å². The molecule has 0 aromatic heterocycles. The van der Waals surface area contributed by atoms with Crippen molar-refractivity contribution in [3.05, 3.63) is 47.9 Å². The first-order valence-corrected chi connectivity index (χ1v) is 3.97. The van der Waals surface area contributed by atoms with Gasteiger partial charge in [-0.2, -0.15) is 0 Å². The molecule has 10 heavy (non-hydrogen) atoms. The minimum Gasteiger partial charge on any atom is -0.0619 e. The van der Waals surface area contributed by atoms with Crippen LogP contribution in [0.1, 0.15) is 11.1 Å². The summed E-state index contributed by atoms with van der Waals surface area (Å²) in [6, 6.07) is 8.32. The number of allylic oxidation sites excluding steroid dienone is 1. The van der Waals surface area contributed by atoms with Crippen molar-refractivity contribution >= 4 is 20.4 Å². The molecule has 0 unspecified atom stereocenters. The Hall–Kier alpha value is -0.560. The summed E-state index contributed by atoms with van der Waals surface area (Å²) in [6.07, 6.45) is 4.18. The molecule has 2 rings (SSSR count). The van der Waals surface area contributed by atoms with Crippen LogP contribution in [-0.2, 0) is 0 Å². The molecule has 0 aliphatic heterocycles. The lowest BCUT2D eigenvalue weighted by Crippen LogP contribution is -1.76. The van der Waals surface area contributed by atoms with Crippen LogP contribution in [0.15, 0.2) is 30.3 Å². The van der Waals surface area contributed by atoms with Gasteiger partial charge in [-0.3, -0.25) is 0 Å². The third kappa shape index (κ3) is 0.816. The third-order valence-electron chi connectivity index (χ3n) is 1.63. The van der Waals surface area contributed by atoms with Crippen molar-refractivity contribution < 1.29 is 0 Å². The molecule has 1 aliphatic carbocycles. The van der Waals surface area contributed by atoms with E-state index < -0.39 is 0 Å². The predicted molar refractivity (Wildman–Crippen MR) is 46.7 cm³/mol. The largest absolute Gasteiger partial charge is 0.0619 e. The maximum Gasteiger partial charge on any atom is 0.0217 e. The van der Waals surface area contributed by atoms with Crippen LogP contribution in [0.5, 0.6) is 0 Å². The number of hydrogen-bond acceptors (Lipinski definition) is 0. The highest BCUT2D eigenvalue weighted by atomic mass is 79.9. The molecule has 0 saturated carbocycles. The number of rotatable bonds is 0. The van der Waals surface area contributed by atoms with Crippen LogP contribution in [0.3, 0.4) is 0 Å². The summed E-state index contributed by atoms with van der Waals surface area (Å²) in [4.78, 5) is 0. The van der Waals surface area contributed by atoms with Gasteiger partial charge in [0.1, 0.15) is 0 Å². The highest BCUT2D eigenvalue weighted by molar-refractivity contribution is 9.15. The van der Waals surface area contributed by atoms with Crippen LogP contribution in [-0.4, -0.2) is 0 Å². The van der Waals surface area contributed by atoms with E-state index in [0.717, 1.165) is 0 Å². The van der Waals surface area contributed by atoms with Crippen molar-refractivity contribution in [2.45, 2.75) is 0 Å². The van der Waals surface area contributed by atoms with Gasteiger partial charge in [-0.25, -0.2) is 0 Å². The maximum atomic E-state index is 3.47. The maximum absolute atomic E-state index is 3.47. The minimum absolute atomic E-state index is 1.18. The Balaban J connectivity index is 2.61. The summed E-state index contributed by atoms with van der Waals surface area (Å²) in [6.45, 7) is 0. The molecule has 1 aromatic rings. The van der Waals surface area contributed by atoms with Crippen molar-refractivity contribution in [2.75, 3.05) is 0 Å². The lowest BCUT2D eigenvalue weighted by Gasteiger charge is -1.96. The van der Waals surface area contributed by atoms with Crippen molar-refractivity contribution in [3.8, 4) is 0 Å². The lowest BCUT2D eigenvalue weighted by molar-refractivity contribution is 1.55. The zero-order chi connectivity index (χ0) is 6.97. The average Bonchev–Trinajstić information content (AvgIpc) is 2.34. The van der Waals surface area contributed by atoms with Gasteiger partial charge < -0.3 is 0 Å². The number of benzene rings is 1. The minimum atomic E-state index is 1.18. The molecule has 0 heterocycles. The molecule has 1 heteroatoms. The van der Waals surface area contributed by atoms with Gasteiger partial charge in [-0.05, 0) is 11.1 Å². The molecule has 0 bridgehead atoms. The molecular weight excluding hydrogens is 188 g/mol. The van der Waals surface area contributed by atoms with E-state index in [0.29, 0.717) is 0 Å². The van der Waals surface area contributed by atoms with Crippen LogP contribution in [0, 0.1) is 6.42 Å². The molecule has 1 aromatic carbocycles. The Labute approximate surface area is 68.7 Å². The Morgan fingerprint density at radius 1 is 1.10 bits per heavy atom. The van der Waals surface area contributed by atoms with E-state index in [1.54, 1.807) is 0 Å². The topological polar surface area (TPSA) is 0 Å². The second-order valence-corrected chi connectivity index (χ2v) is 3.12. The standard InChI is InChI=1S/C9H6Br/c10-9-6-5-7-3-1-2-4-8(7)9/h1-6H. The third-order valence-corrected chi connectivity index (χ3v) is 2.32. The molecule has 0 amide bonds. The average molecular weight is 194 g/mol. The SMILES string of the molecule is BrC1=C[CH]c2ccccc21. The van der Waals surface area contributed by atoms with Crippen molar-refractivity contribution in [2.24, 2.45) is 0 Å². The fourth-order valence-electron chi connectivity index (χ4n) is 1.11. The molecule has 0 fully saturated rings. The molecule has 1 aliphatic rings. The van der Waals surface area contributed by atoms with Gasteiger partial charge in [0.2, 0.25) is 0 Å². The molecule has 0 spiro atoms. The predicted octanol–water partition coefficient (Wildman–Crippen LogP) is 2.99. The Bertz CT molecular complexity index is 287. The summed E-state index contributed by atoms with van der Waals surface area (Å²) in [5, 5.41) is 0. The highest BCUT2D eigenvalue weighted by Gasteiger charge is 2.09. The van der Waals surface area contributed by atoms with E-state index in [1.807, 2.05) is 6.07 Å². The lowest BCUT2D eigenvalue weighted by atomic mass is 10.1. The smallest absolute Gasteiger partial charge is 0.0217 e. The normalized spacial score (nSPS) is 14.7. The van der Waals surface area contributed by atoms with Gasteiger partial charge in [-0.1, -0.05) is 46.3 Å². The second kappa shape index (κ2) is 2.24. The zero-order valence-electron chi connectivity index (χ0n) is 5.34. The monoisotopic (exact) mass is 193 g/mol. The highest BCUT2D eigenvalue weighted by Crippen LogP contribution is 2.32. The van der Waals surface area contributed by atoms with E-state index in [4.69, 9.17) is 0 Å². The second-order valence-electron chi connectivity index (χ2n) is 2.27. The van der Waals surface area contributed by atoms with Gasteiger partial charge in [-0.15, -0.1) is 0 Å².